The van der Waals surface area contributed by atoms with E-state index in [4.69, 9.17) is 4.74 Å². The summed E-state index contributed by atoms with van der Waals surface area (Å²) in [4.78, 5) is 0. The quantitative estimate of drug-likeness (QED) is 0.178. The van der Waals surface area contributed by atoms with Gasteiger partial charge in [-0.05, 0) is 29.6 Å². The fourth-order valence-electron chi connectivity index (χ4n) is 5.81. The predicted octanol–water partition coefficient (Wildman–Crippen LogP) is 8.36. The van der Waals surface area contributed by atoms with E-state index < -0.39 is 0 Å². The second-order valence-corrected chi connectivity index (χ2v) is 13.0. The first-order valence-electron chi connectivity index (χ1n) is 13.2. The number of rotatable bonds is 16. The van der Waals surface area contributed by atoms with Crippen molar-refractivity contribution < 1.29 is 9.84 Å². The summed E-state index contributed by atoms with van der Waals surface area (Å²) in [5, 5.41) is 9.26. The molecule has 0 amide bonds. The van der Waals surface area contributed by atoms with Gasteiger partial charge in [0, 0.05) is 0 Å². The van der Waals surface area contributed by atoms with Crippen LogP contribution in [0.1, 0.15) is 97.3 Å². The molecule has 0 saturated heterocycles. The van der Waals surface area contributed by atoms with E-state index in [0.29, 0.717) is 5.41 Å². The molecule has 0 atom stereocenters. The first kappa shape index (κ1) is 28.2. The second kappa shape index (κ2) is 14.4. The maximum atomic E-state index is 9.26. The van der Waals surface area contributed by atoms with Crippen LogP contribution in [0.4, 0.5) is 0 Å². The van der Waals surface area contributed by atoms with Crippen molar-refractivity contribution in [2.45, 2.75) is 99.5 Å². The van der Waals surface area contributed by atoms with Crippen LogP contribution in [0.25, 0.3) is 10.0 Å². The van der Waals surface area contributed by atoms with Crippen LogP contribution in [0.2, 0.25) is 0 Å². The minimum Gasteiger partial charge on any atom is -0.0622 e. The molecule has 0 unspecified atom stereocenters. The van der Waals surface area contributed by atoms with Gasteiger partial charge in [-0.25, -0.2) is 0 Å². The van der Waals surface area contributed by atoms with Crippen molar-refractivity contribution in [1.29, 1.82) is 0 Å². The molecule has 0 aliphatic carbocycles. The Morgan fingerprint density at radius 3 is 1.79 bits per heavy atom. The fourth-order valence-corrected chi connectivity index (χ4v) is 7.64. The predicted molar refractivity (Wildman–Crippen MR) is 144 cm³/mol. The summed E-state index contributed by atoms with van der Waals surface area (Å²) in [6.07, 6.45) is 10.6. The van der Waals surface area contributed by atoms with Crippen molar-refractivity contribution in [2.75, 3.05) is 6.61 Å². The van der Waals surface area contributed by atoms with Gasteiger partial charge in [0.25, 0.3) is 0 Å². The Balaban J connectivity index is 1.56. The molecule has 1 heterocycles. The average Bonchev–Trinajstić information content (AvgIpc) is 3.26. The Labute approximate surface area is 209 Å². The zero-order valence-electron chi connectivity index (χ0n) is 22.0. The Hall–Kier alpha value is -1.02. The van der Waals surface area contributed by atoms with Gasteiger partial charge in [-0.1, -0.05) is 54.4 Å². The van der Waals surface area contributed by atoms with E-state index in [1.807, 2.05) is 0 Å². The number of hydrogen-bond donors (Lipinski definition) is 1. The standard InChI is InChI=1S/C30H48O2Se/c1-23(2)30(24(3)4,25(5)6)20-12-10-8-7-9-11-13-21-32-27-16-14-26(15-17-27)29-19-18-28(22-31)33-29/h14-19,23-25,31H,7-13,20-22H2,1-6H3. The third-order valence-corrected chi connectivity index (χ3v) is 10.1. The molecule has 0 aliphatic heterocycles. The first-order valence-corrected chi connectivity index (χ1v) is 14.9. The zero-order chi connectivity index (χ0) is 24.3. The number of ether oxygens (including phenoxy) is 1. The Kier molecular flexibility index (Phi) is 12.3. The molecule has 2 aromatic rings. The van der Waals surface area contributed by atoms with Crippen LogP contribution in [-0.2, 0) is 6.61 Å². The van der Waals surface area contributed by atoms with Crippen LogP contribution in [-0.4, -0.2) is 26.2 Å². The summed E-state index contributed by atoms with van der Waals surface area (Å²) >= 11 is 0.261. The topological polar surface area (TPSA) is 29.5 Å². The number of aliphatic hydroxyl groups is 1. The van der Waals surface area contributed by atoms with E-state index in [0.717, 1.165) is 41.0 Å². The molecule has 0 radical (unpaired) electrons. The van der Waals surface area contributed by atoms with Crippen LogP contribution < -0.4 is 4.74 Å². The molecule has 3 heteroatoms. The van der Waals surface area contributed by atoms with E-state index in [1.165, 1.54) is 54.9 Å². The summed E-state index contributed by atoms with van der Waals surface area (Å²) in [6, 6.07) is 12.6. The van der Waals surface area contributed by atoms with Crippen molar-refractivity contribution in [1.82, 2.24) is 0 Å². The second-order valence-electron chi connectivity index (χ2n) is 10.6. The van der Waals surface area contributed by atoms with Crippen LogP contribution in [0.15, 0.2) is 36.4 Å². The molecule has 0 bridgehead atoms. The molecule has 1 aromatic heterocycles. The monoisotopic (exact) mass is 520 g/mol. The van der Waals surface area contributed by atoms with E-state index in [-0.39, 0.29) is 21.1 Å². The van der Waals surface area contributed by atoms with Gasteiger partial charge in [-0.3, -0.25) is 0 Å². The number of unbranched alkanes of at least 4 members (excludes halogenated alkanes) is 6. The fraction of sp³-hybridized carbons (Fsp3) is 0.667. The van der Waals surface area contributed by atoms with Gasteiger partial charge in [0.05, 0.1) is 0 Å². The number of hydrogen-bond acceptors (Lipinski definition) is 2. The van der Waals surface area contributed by atoms with Crippen molar-refractivity contribution in [3.63, 3.8) is 0 Å². The van der Waals surface area contributed by atoms with Gasteiger partial charge in [0.15, 0.2) is 0 Å². The smallest absolute Gasteiger partial charge is 0.0410 e. The average molecular weight is 520 g/mol. The van der Waals surface area contributed by atoms with Crippen molar-refractivity contribution in [3.05, 3.63) is 40.8 Å². The van der Waals surface area contributed by atoms with E-state index in [2.05, 4.69) is 77.9 Å². The van der Waals surface area contributed by atoms with Gasteiger partial charge in [-0.15, -0.1) is 0 Å². The maximum Gasteiger partial charge on any atom is -0.0410 e. The zero-order valence-corrected chi connectivity index (χ0v) is 23.7. The van der Waals surface area contributed by atoms with Gasteiger partial charge in [0.1, 0.15) is 0 Å². The van der Waals surface area contributed by atoms with Crippen LogP contribution in [0, 0.1) is 23.2 Å². The number of aliphatic hydroxyl groups excluding tert-OH is 1. The summed E-state index contributed by atoms with van der Waals surface area (Å²) in [5.41, 5.74) is 1.73. The third kappa shape index (κ3) is 8.30. The van der Waals surface area contributed by atoms with Crippen LogP contribution in [0.5, 0.6) is 5.75 Å². The Morgan fingerprint density at radius 2 is 1.27 bits per heavy atom. The minimum atomic E-state index is 0.177. The molecule has 0 saturated carbocycles. The molecule has 1 N–H and O–H groups in total. The molecule has 0 fully saturated rings. The first-order chi connectivity index (χ1) is 15.8. The maximum absolute atomic E-state index is 9.26. The molecule has 1 aromatic carbocycles. The summed E-state index contributed by atoms with van der Waals surface area (Å²) in [5.74, 6) is 3.23. The molecule has 33 heavy (non-hydrogen) atoms. The van der Waals surface area contributed by atoms with E-state index in [9.17, 15) is 5.11 Å². The van der Waals surface area contributed by atoms with Crippen LogP contribution >= 0.6 is 0 Å². The third-order valence-electron chi connectivity index (χ3n) is 7.70. The SMILES string of the molecule is CC(C)C(CCCCCCCCCOc1ccc(-c2ccc(CO)[se]2)cc1)(C(C)C)C(C)C. The van der Waals surface area contributed by atoms with Crippen molar-refractivity contribution in [2.24, 2.45) is 23.2 Å². The Bertz CT molecular complexity index is 751. The van der Waals surface area contributed by atoms with Crippen LogP contribution in [0.3, 0.4) is 0 Å². The van der Waals surface area contributed by atoms with Gasteiger partial charge < -0.3 is 0 Å². The summed E-state index contributed by atoms with van der Waals surface area (Å²) < 4.78 is 8.43. The normalized spacial score (nSPS) is 12.3. The van der Waals surface area contributed by atoms with Gasteiger partial charge in [-0.2, -0.15) is 0 Å². The minimum absolute atomic E-state index is 0.177. The molecule has 0 aliphatic rings. The number of benzene rings is 1. The van der Waals surface area contributed by atoms with Gasteiger partial charge in [0.2, 0.25) is 0 Å². The Morgan fingerprint density at radius 1 is 0.727 bits per heavy atom. The van der Waals surface area contributed by atoms with E-state index >= 15 is 0 Å². The molecule has 186 valence electrons. The molecule has 2 rings (SSSR count). The largest absolute Gasteiger partial charge is 0.0622 e. The summed E-state index contributed by atoms with van der Waals surface area (Å²) in [6.45, 7) is 15.5. The van der Waals surface area contributed by atoms with Gasteiger partial charge >= 0.3 is 126 Å². The summed E-state index contributed by atoms with van der Waals surface area (Å²) in [7, 11) is 0. The molecule has 2 nitrogen and oxygen atoms in total. The molecular weight excluding hydrogens is 471 g/mol. The van der Waals surface area contributed by atoms with Crippen molar-refractivity contribution >= 4 is 14.5 Å². The van der Waals surface area contributed by atoms with Crippen molar-refractivity contribution in [3.8, 4) is 15.8 Å². The van der Waals surface area contributed by atoms with E-state index in [1.54, 1.807) is 0 Å². The molecule has 0 spiro atoms. The molecular formula is C30H48O2Se.